The van der Waals surface area contributed by atoms with Crippen molar-refractivity contribution in [1.82, 2.24) is 24.6 Å². The summed E-state index contributed by atoms with van der Waals surface area (Å²) in [5.41, 5.74) is 2.69. The average Bonchev–Trinajstić information content (AvgIpc) is 2.93. The zero-order valence-corrected chi connectivity index (χ0v) is 15.3. The lowest BCUT2D eigenvalue weighted by Crippen LogP contribution is -2.38. The predicted octanol–water partition coefficient (Wildman–Crippen LogP) is 2.87. The molecule has 6 nitrogen and oxygen atoms in total. The molecule has 3 aromatic rings. The summed E-state index contributed by atoms with van der Waals surface area (Å²) >= 11 is 1.37. The smallest absolute Gasteiger partial charge is 0.233 e. The van der Waals surface area contributed by atoms with Crippen molar-refractivity contribution in [2.75, 3.05) is 18.8 Å². The molecule has 0 aliphatic carbocycles. The Hall–Kier alpha value is -2.15. The Bertz CT molecular complexity index is 930. The molecule has 0 spiro atoms. The third-order valence-corrected chi connectivity index (χ3v) is 5.77. The highest BCUT2D eigenvalue weighted by atomic mass is 32.2. The molecule has 7 heteroatoms. The number of benzene rings is 1. The molecule has 0 saturated carbocycles. The van der Waals surface area contributed by atoms with E-state index in [1.165, 1.54) is 11.8 Å². The first-order valence-electron chi connectivity index (χ1n) is 8.62. The van der Waals surface area contributed by atoms with E-state index in [1.54, 1.807) is 0 Å². The fourth-order valence-electron chi connectivity index (χ4n) is 3.33. The molecule has 1 saturated heterocycles. The molecular weight excluding hydrogens is 334 g/mol. The van der Waals surface area contributed by atoms with Crippen LogP contribution in [0.3, 0.4) is 0 Å². The van der Waals surface area contributed by atoms with Gasteiger partial charge < -0.3 is 9.47 Å². The number of fused-ring (bicyclic) bond motifs is 3. The molecule has 0 radical (unpaired) electrons. The minimum absolute atomic E-state index is 0.164. The Kier molecular flexibility index (Phi) is 4.33. The number of carbonyl (C=O) groups excluding carboxylic acids is 1. The summed E-state index contributed by atoms with van der Waals surface area (Å²) in [5.74, 6) is 1.25. The van der Waals surface area contributed by atoms with Gasteiger partial charge in [-0.1, -0.05) is 36.9 Å². The summed E-state index contributed by atoms with van der Waals surface area (Å²) in [5, 5.41) is 10.2. The number of nitrogens with zero attached hydrogens (tertiary/aromatic N) is 5. The second-order valence-electron chi connectivity index (χ2n) is 6.69. The molecule has 1 aliphatic heterocycles. The second kappa shape index (κ2) is 6.63. The van der Waals surface area contributed by atoms with Gasteiger partial charge in [0.2, 0.25) is 11.1 Å². The third-order valence-electron chi connectivity index (χ3n) is 4.95. The van der Waals surface area contributed by atoms with E-state index in [0.29, 0.717) is 10.9 Å². The first kappa shape index (κ1) is 16.3. The first-order valence-corrected chi connectivity index (χ1v) is 9.60. The first-order chi connectivity index (χ1) is 12.1. The van der Waals surface area contributed by atoms with Crippen LogP contribution in [0, 0.1) is 5.92 Å². The number of likely N-dealkylation sites (tertiary alicyclic amines) is 1. The number of aromatic nitrogens is 4. The fraction of sp³-hybridized carbons (Fsp3) is 0.444. The summed E-state index contributed by atoms with van der Waals surface area (Å²) < 4.78 is 2.03. The highest BCUT2D eigenvalue weighted by Gasteiger charge is 2.21. The van der Waals surface area contributed by atoms with Crippen LogP contribution < -0.4 is 0 Å². The van der Waals surface area contributed by atoms with Crippen LogP contribution in [0.2, 0.25) is 0 Å². The number of aryl methyl sites for hydroxylation is 1. The van der Waals surface area contributed by atoms with Crippen LogP contribution >= 0.6 is 11.8 Å². The van der Waals surface area contributed by atoms with Gasteiger partial charge in [0.25, 0.3) is 0 Å². The molecule has 0 bridgehead atoms. The maximum Gasteiger partial charge on any atom is 0.233 e. The van der Waals surface area contributed by atoms with Crippen LogP contribution in [-0.2, 0) is 11.8 Å². The number of thioether (sulfide) groups is 1. The average molecular weight is 355 g/mol. The highest BCUT2D eigenvalue weighted by Crippen LogP contribution is 2.26. The molecule has 25 heavy (non-hydrogen) atoms. The van der Waals surface area contributed by atoms with E-state index in [1.807, 2.05) is 40.8 Å². The Morgan fingerprint density at radius 1 is 1.24 bits per heavy atom. The highest BCUT2D eigenvalue weighted by molar-refractivity contribution is 7.99. The Balaban J connectivity index is 1.51. The van der Waals surface area contributed by atoms with Gasteiger partial charge in [0, 0.05) is 25.5 Å². The summed E-state index contributed by atoms with van der Waals surface area (Å²) in [6.07, 6.45) is 2.19. The Morgan fingerprint density at radius 3 is 2.80 bits per heavy atom. The van der Waals surface area contributed by atoms with Crippen molar-refractivity contribution >= 4 is 39.7 Å². The number of rotatable bonds is 3. The molecule has 1 amide bonds. The quantitative estimate of drug-likeness (QED) is 0.676. The van der Waals surface area contributed by atoms with Gasteiger partial charge in [-0.3, -0.25) is 4.79 Å². The maximum absolute atomic E-state index is 12.4. The van der Waals surface area contributed by atoms with Crippen molar-refractivity contribution in [3.63, 3.8) is 0 Å². The van der Waals surface area contributed by atoms with E-state index in [0.717, 1.165) is 53.9 Å². The van der Waals surface area contributed by atoms with Crippen LogP contribution in [-0.4, -0.2) is 49.4 Å². The number of para-hydroxylation sites is 1. The third kappa shape index (κ3) is 3.08. The lowest BCUT2D eigenvalue weighted by Gasteiger charge is -2.30. The van der Waals surface area contributed by atoms with Gasteiger partial charge in [-0.05, 0) is 24.8 Å². The SMILES string of the molecule is CC1CCN(C(=O)CSc2nnc3c4ccccc4n(C)c3n2)CC1. The van der Waals surface area contributed by atoms with E-state index >= 15 is 0 Å². The van der Waals surface area contributed by atoms with E-state index in [2.05, 4.69) is 22.1 Å². The van der Waals surface area contributed by atoms with Gasteiger partial charge in [0.05, 0.1) is 11.3 Å². The largest absolute Gasteiger partial charge is 0.342 e. The summed E-state index contributed by atoms with van der Waals surface area (Å²) in [6, 6.07) is 8.07. The Morgan fingerprint density at radius 2 is 2.00 bits per heavy atom. The molecule has 4 rings (SSSR count). The zero-order valence-electron chi connectivity index (χ0n) is 14.5. The number of amides is 1. The number of piperidine rings is 1. The topological polar surface area (TPSA) is 63.9 Å². The maximum atomic E-state index is 12.4. The Labute approximate surface area is 150 Å². The molecular formula is C18H21N5OS. The van der Waals surface area contributed by atoms with Crippen LogP contribution in [0.1, 0.15) is 19.8 Å². The van der Waals surface area contributed by atoms with Crippen molar-refractivity contribution in [2.45, 2.75) is 24.9 Å². The minimum Gasteiger partial charge on any atom is -0.342 e. The van der Waals surface area contributed by atoms with Crippen molar-refractivity contribution < 1.29 is 4.79 Å². The lowest BCUT2D eigenvalue weighted by atomic mass is 9.99. The van der Waals surface area contributed by atoms with Crippen LogP contribution in [0.15, 0.2) is 29.4 Å². The van der Waals surface area contributed by atoms with Gasteiger partial charge in [-0.2, -0.15) is 0 Å². The molecule has 0 N–H and O–H groups in total. The van der Waals surface area contributed by atoms with Gasteiger partial charge in [-0.25, -0.2) is 4.98 Å². The molecule has 1 aliphatic rings. The summed E-state index contributed by atoms with van der Waals surface area (Å²) in [6.45, 7) is 3.97. The molecule has 0 atom stereocenters. The van der Waals surface area contributed by atoms with Gasteiger partial charge in [0.15, 0.2) is 5.65 Å². The van der Waals surface area contributed by atoms with E-state index in [4.69, 9.17) is 0 Å². The van der Waals surface area contributed by atoms with Crippen molar-refractivity contribution in [3.8, 4) is 0 Å². The molecule has 3 heterocycles. The van der Waals surface area contributed by atoms with Crippen LogP contribution in [0.25, 0.3) is 22.1 Å². The number of hydrogen-bond acceptors (Lipinski definition) is 5. The standard InChI is InChI=1S/C18H21N5OS/c1-12-7-9-23(10-8-12)15(24)11-25-18-19-17-16(20-21-18)13-5-3-4-6-14(13)22(17)2/h3-6,12H,7-11H2,1-2H3. The van der Waals surface area contributed by atoms with Gasteiger partial charge in [-0.15, -0.1) is 10.2 Å². The molecule has 2 aromatic heterocycles. The molecule has 0 unspecified atom stereocenters. The van der Waals surface area contributed by atoms with Crippen LogP contribution in [0.5, 0.6) is 0 Å². The van der Waals surface area contributed by atoms with Crippen LogP contribution in [0.4, 0.5) is 0 Å². The van der Waals surface area contributed by atoms with E-state index < -0.39 is 0 Å². The van der Waals surface area contributed by atoms with E-state index in [9.17, 15) is 4.79 Å². The number of hydrogen-bond donors (Lipinski definition) is 0. The molecule has 1 aromatic carbocycles. The predicted molar refractivity (Wildman–Crippen MR) is 99.5 cm³/mol. The van der Waals surface area contributed by atoms with Crippen molar-refractivity contribution in [3.05, 3.63) is 24.3 Å². The van der Waals surface area contributed by atoms with Gasteiger partial charge in [0.1, 0.15) is 5.52 Å². The molecule has 130 valence electrons. The lowest BCUT2D eigenvalue weighted by molar-refractivity contribution is -0.129. The van der Waals surface area contributed by atoms with E-state index in [-0.39, 0.29) is 5.91 Å². The summed E-state index contributed by atoms with van der Waals surface area (Å²) in [7, 11) is 1.98. The zero-order chi connectivity index (χ0) is 17.4. The minimum atomic E-state index is 0.164. The summed E-state index contributed by atoms with van der Waals surface area (Å²) in [4.78, 5) is 19.0. The normalized spacial score (nSPS) is 16.0. The number of carbonyl (C=O) groups is 1. The van der Waals surface area contributed by atoms with Crippen molar-refractivity contribution in [1.29, 1.82) is 0 Å². The monoisotopic (exact) mass is 355 g/mol. The fourth-order valence-corrected chi connectivity index (χ4v) is 4.01. The second-order valence-corrected chi connectivity index (χ2v) is 7.64. The van der Waals surface area contributed by atoms with Crippen molar-refractivity contribution in [2.24, 2.45) is 13.0 Å². The molecule has 1 fully saturated rings. The van der Waals surface area contributed by atoms with Gasteiger partial charge >= 0.3 is 0 Å².